The number of sulfonamides is 1. The highest BCUT2D eigenvalue weighted by Gasteiger charge is 2.29. The molecule has 2 aromatic heterocycles. The Bertz CT molecular complexity index is 1190. The van der Waals surface area contributed by atoms with Crippen molar-refractivity contribution < 1.29 is 12.8 Å². The third kappa shape index (κ3) is 3.80. The topological polar surface area (TPSA) is 84.2 Å². The quantitative estimate of drug-likeness (QED) is 0.631. The van der Waals surface area contributed by atoms with Crippen LogP contribution in [-0.4, -0.2) is 58.4 Å². The van der Waals surface area contributed by atoms with Crippen LogP contribution in [-0.2, 0) is 10.0 Å². The van der Waals surface area contributed by atoms with Crippen LogP contribution in [0.25, 0.3) is 5.82 Å². The van der Waals surface area contributed by atoms with Crippen molar-refractivity contribution in [1.82, 2.24) is 23.8 Å². The molecule has 1 aliphatic heterocycles. The summed E-state index contributed by atoms with van der Waals surface area (Å²) in [4.78, 5) is 15.4. The lowest BCUT2D eigenvalue weighted by molar-refractivity contribution is 0.383. The molecule has 0 unspecified atom stereocenters. The molecule has 3 heterocycles. The Morgan fingerprint density at radius 1 is 0.967 bits per heavy atom. The summed E-state index contributed by atoms with van der Waals surface area (Å²) in [5, 5.41) is 0. The molecular weight excluding hydrogens is 407 g/mol. The Labute approximate surface area is 175 Å². The molecule has 30 heavy (non-hydrogen) atoms. The second-order valence-electron chi connectivity index (χ2n) is 7.27. The number of aromatic nitrogens is 4. The SMILES string of the molecule is Cc1nc(N2CCN(S(=O)(=O)c3cccc(F)c3)CC2)cc(-n2cnc(C)c2C)n1. The largest absolute Gasteiger partial charge is 0.354 e. The molecule has 0 amide bonds. The maximum absolute atomic E-state index is 13.5. The molecule has 1 aromatic carbocycles. The highest BCUT2D eigenvalue weighted by Crippen LogP contribution is 2.22. The van der Waals surface area contributed by atoms with Gasteiger partial charge in [-0.1, -0.05) is 6.07 Å². The highest BCUT2D eigenvalue weighted by molar-refractivity contribution is 7.89. The molecule has 1 fully saturated rings. The van der Waals surface area contributed by atoms with Gasteiger partial charge in [0.1, 0.15) is 29.6 Å². The van der Waals surface area contributed by atoms with Crippen LogP contribution in [0.3, 0.4) is 0 Å². The van der Waals surface area contributed by atoms with Gasteiger partial charge in [0.15, 0.2) is 0 Å². The Kier molecular flexibility index (Phi) is 5.29. The van der Waals surface area contributed by atoms with Gasteiger partial charge in [-0.25, -0.2) is 27.8 Å². The molecule has 0 atom stereocenters. The number of hydrogen-bond acceptors (Lipinski definition) is 6. The molecule has 158 valence electrons. The smallest absolute Gasteiger partial charge is 0.243 e. The van der Waals surface area contributed by atoms with E-state index in [-0.39, 0.29) is 4.90 Å². The van der Waals surface area contributed by atoms with E-state index in [2.05, 4.69) is 15.0 Å². The lowest BCUT2D eigenvalue weighted by Gasteiger charge is -2.34. The minimum Gasteiger partial charge on any atom is -0.354 e. The molecular formula is C20H23FN6O2S. The lowest BCUT2D eigenvalue weighted by Crippen LogP contribution is -2.49. The third-order valence-corrected chi connectivity index (χ3v) is 7.20. The van der Waals surface area contributed by atoms with Crippen molar-refractivity contribution in [3.05, 3.63) is 59.7 Å². The summed E-state index contributed by atoms with van der Waals surface area (Å²) in [6.07, 6.45) is 1.74. The summed E-state index contributed by atoms with van der Waals surface area (Å²) >= 11 is 0. The van der Waals surface area contributed by atoms with Crippen molar-refractivity contribution in [3.63, 3.8) is 0 Å². The summed E-state index contributed by atoms with van der Waals surface area (Å²) in [6.45, 7) is 7.30. The molecule has 0 radical (unpaired) electrons. The number of benzene rings is 1. The number of hydrogen-bond donors (Lipinski definition) is 0. The van der Waals surface area contributed by atoms with E-state index in [1.807, 2.05) is 36.3 Å². The molecule has 0 aliphatic carbocycles. The Balaban J connectivity index is 1.54. The van der Waals surface area contributed by atoms with E-state index in [1.165, 1.54) is 22.5 Å². The maximum atomic E-state index is 13.5. The second kappa shape index (κ2) is 7.77. The fourth-order valence-corrected chi connectivity index (χ4v) is 4.94. The van der Waals surface area contributed by atoms with Crippen molar-refractivity contribution in [3.8, 4) is 5.82 Å². The van der Waals surface area contributed by atoms with E-state index in [1.54, 1.807) is 6.33 Å². The van der Waals surface area contributed by atoms with Gasteiger partial charge in [0.25, 0.3) is 0 Å². The van der Waals surface area contributed by atoms with Gasteiger partial charge in [0.05, 0.1) is 10.6 Å². The predicted molar refractivity (Wildman–Crippen MR) is 111 cm³/mol. The first-order valence-electron chi connectivity index (χ1n) is 9.63. The van der Waals surface area contributed by atoms with Gasteiger partial charge >= 0.3 is 0 Å². The van der Waals surface area contributed by atoms with Gasteiger partial charge in [-0.3, -0.25) is 4.57 Å². The number of anilines is 1. The standard InChI is InChI=1S/C20H23FN6O2S/c1-14-15(2)27(13-22-14)20-12-19(23-16(3)24-20)25-7-9-26(10-8-25)30(28,29)18-6-4-5-17(21)11-18/h4-6,11-13H,7-10H2,1-3H3. The van der Waals surface area contributed by atoms with Crippen LogP contribution in [0.2, 0.25) is 0 Å². The van der Waals surface area contributed by atoms with Crippen LogP contribution >= 0.6 is 0 Å². The molecule has 0 saturated carbocycles. The number of aryl methyl sites for hydroxylation is 2. The van der Waals surface area contributed by atoms with Crippen LogP contribution in [0.4, 0.5) is 10.2 Å². The number of piperazine rings is 1. The fraction of sp³-hybridized carbons (Fsp3) is 0.350. The lowest BCUT2D eigenvalue weighted by atomic mass is 10.3. The van der Waals surface area contributed by atoms with Gasteiger partial charge in [-0.05, 0) is 39.0 Å². The molecule has 8 nitrogen and oxygen atoms in total. The van der Waals surface area contributed by atoms with Gasteiger partial charge < -0.3 is 4.90 Å². The maximum Gasteiger partial charge on any atom is 0.243 e. The zero-order valence-corrected chi connectivity index (χ0v) is 17.9. The number of imidazole rings is 1. The second-order valence-corrected chi connectivity index (χ2v) is 9.20. The highest BCUT2D eigenvalue weighted by atomic mass is 32.2. The first kappa shape index (κ1) is 20.4. The molecule has 10 heteroatoms. The normalized spacial score (nSPS) is 15.5. The van der Waals surface area contributed by atoms with E-state index >= 15 is 0 Å². The van der Waals surface area contributed by atoms with Crippen LogP contribution in [0.5, 0.6) is 0 Å². The van der Waals surface area contributed by atoms with Crippen molar-refractivity contribution in [2.45, 2.75) is 25.7 Å². The van der Waals surface area contributed by atoms with Crippen molar-refractivity contribution in [1.29, 1.82) is 0 Å². The zero-order valence-electron chi connectivity index (χ0n) is 17.1. The minimum atomic E-state index is -3.73. The van der Waals surface area contributed by atoms with Gasteiger partial charge in [0, 0.05) is 37.9 Å². The number of nitrogens with zero attached hydrogens (tertiary/aromatic N) is 6. The van der Waals surface area contributed by atoms with Crippen LogP contribution in [0.15, 0.2) is 41.6 Å². The first-order valence-corrected chi connectivity index (χ1v) is 11.1. The van der Waals surface area contributed by atoms with Gasteiger partial charge in [-0.15, -0.1) is 0 Å². The van der Waals surface area contributed by atoms with E-state index in [0.29, 0.717) is 32.0 Å². The third-order valence-electron chi connectivity index (χ3n) is 5.31. The number of halogens is 1. The van der Waals surface area contributed by atoms with Crippen molar-refractivity contribution >= 4 is 15.8 Å². The van der Waals surface area contributed by atoms with Gasteiger partial charge in [-0.2, -0.15) is 4.31 Å². The summed E-state index contributed by atoms with van der Waals surface area (Å²) in [7, 11) is -3.73. The van der Waals surface area contributed by atoms with Crippen LogP contribution in [0, 0.1) is 26.6 Å². The predicted octanol–water partition coefficient (Wildman–Crippen LogP) is 2.24. The molecule has 0 N–H and O–H groups in total. The van der Waals surface area contributed by atoms with Crippen LogP contribution < -0.4 is 4.90 Å². The number of rotatable bonds is 4. The summed E-state index contributed by atoms with van der Waals surface area (Å²) in [5.74, 6) is 1.53. The molecule has 1 aliphatic rings. The first-order chi connectivity index (χ1) is 14.3. The summed E-state index contributed by atoms with van der Waals surface area (Å²) in [5.41, 5.74) is 1.94. The Morgan fingerprint density at radius 2 is 1.67 bits per heavy atom. The molecule has 4 rings (SSSR count). The molecule has 3 aromatic rings. The average molecular weight is 431 g/mol. The van der Waals surface area contributed by atoms with Crippen molar-refractivity contribution in [2.75, 3.05) is 31.1 Å². The Hall–Kier alpha value is -2.85. The van der Waals surface area contributed by atoms with Gasteiger partial charge in [0.2, 0.25) is 10.0 Å². The van der Waals surface area contributed by atoms with E-state index in [9.17, 15) is 12.8 Å². The van der Waals surface area contributed by atoms with E-state index in [0.717, 1.165) is 29.1 Å². The fourth-order valence-electron chi connectivity index (χ4n) is 3.49. The summed E-state index contributed by atoms with van der Waals surface area (Å²) < 4.78 is 42.4. The summed E-state index contributed by atoms with van der Waals surface area (Å²) in [6, 6.07) is 6.99. The molecule has 1 saturated heterocycles. The Morgan fingerprint density at radius 3 is 2.30 bits per heavy atom. The van der Waals surface area contributed by atoms with Crippen molar-refractivity contribution in [2.24, 2.45) is 0 Å². The average Bonchev–Trinajstić information content (AvgIpc) is 3.06. The van der Waals surface area contributed by atoms with Crippen LogP contribution in [0.1, 0.15) is 17.2 Å². The molecule has 0 spiro atoms. The monoisotopic (exact) mass is 430 g/mol. The zero-order chi connectivity index (χ0) is 21.5. The molecule has 0 bridgehead atoms. The van der Waals surface area contributed by atoms with E-state index < -0.39 is 15.8 Å². The van der Waals surface area contributed by atoms with E-state index in [4.69, 9.17) is 0 Å². The minimum absolute atomic E-state index is 0.0259.